The molecule has 16 heavy (non-hydrogen) atoms. The van der Waals surface area contributed by atoms with Crippen molar-refractivity contribution in [3.63, 3.8) is 0 Å². The van der Waals surface area contributed by atoms with Crippen molar-refractivity contribution in [2.24, 2.45) is 5.73 Å². The predicted molar refractivity (Wildman–Crippen MR) is 68.9 cm³/mol. The van der Waals surface area contributed by atoms with Crippen molar-refractivity contribution in [1.29, 1.82) is 0 Å². The number of nitrogens with two attached hydrogens (primary N) is 1. The minimum atomic E-state index is 0.363. The Morgan fingerprint density at radius 3 is 3.06 bits per heavy atom. The SMILES string of the molecule is N[C@H]1CC[C@H](Nc2ccc3sccc3n2)C1. The van der Waals surface area contributed by atoms with E-state index in [0.717, 1.165) is 30.6 Å². The summed E-state index contributed by atoms with van der Waals surface area (Å²) in [4.78, 5) is 4.58. The summed E-state index contributed by atoms with van der Waals surface area (Å²) in [5, 5.41) is 5.54. The standard InChI is InChI=1S/C12H15N3S/c13-8-1-2-9(7-8)14-12-4-3-11-10(15-12)5-6-16-11/h3-6,8-9H,1-2,7,13H2,(H,14,15)/t8-,9-/m0/s1. The summed E-state index contributed by atoms with van der Waals surface area (Å²) in [5.74, 6) is 0.977. The number of hydrogen-bond donors (Lipinski definition) is 2. The number of fused-ring (bicyclic) bond motifs is 1. The van der Waals surface area contributed by atoms with Crippen LogP contribution in [-0.4, -0.2) is 17.1 Å². The zero-order valence-electron chi connectivity index (χ0n) is 9.02. The van der Waals surface area contributed by atoms with Crippen molar-refractivity contribution in [2.75, 3.05) is 5.32 Å². The molecular weight excluding hydrogens is 218 g/mol. The zero-order chi connectivity index (χ0) is 11.0. The monoisotopic (exact) mass is 233 g/mol. The van der Waals surface area contributed by atoms with Crippen LogP contribution in [0.4, 0.5) is 5.82 Å². The average molecular weight is 233 g/mol. The fourth-order valence-electron chi connectivity index (χ4n) is 2.29. The third-order valence-corrected chi connectivity index (χ3v) is 4.00. The first-order chi connectivity index (χ1) is 7.81. The van der Waals surface area contributed by atoms with Gasteiger partial charge in [0.2, 0.25) is 0 Å². The normalized spacial score (nSPS) is 25.1. The lowest BCUT2D eigenvalue weighted by Crippen LogP contribution is -2.21. The summed E-state index contributed by atoms with van der Waals surface area (Å²) in [5.41, 5.74) is 6.97. The van der Waals surface area contributed by atoms with Gasteiger partial charge in [-0.05, 0) is 42.8 Å². The van der Waals surface area contributed by atoms with Gasteiger partial charge in [-0.3, -0.25) is 0 Å². The first-order valence-corrected chi connectivity index (χ1v) is 6.55. The third kappa shape index (κ3) is 1.90. The van der Waals surface area contributed by atoms with Crippen LogP contribution in [-0.2, 0) is 0 Å². The molecule has 4 heteroatoms. The maximum absolute atomic E-state index is 5.89. The summed E-state index contributed by atoms with van der Waals surface area (Å²) in [6, 6.07) is 7.11. The van der Waals surface area contributed by atoms with E-state index < -0.39 is 0 Å². The van der Waals surface area contributed by atoms with E-state index in [0.29, 0.717) is 12.1 Å². The van der Waals surface area contributed by atoms with Crippen LogP contribution >= 0.6 is 11.3 Å². The Hall–Kier alpha value is -1.13. The van der Waals surface area contributed by atoms with Crippen LogP contribution in [0, 0.1) is 0 Å². The molecule has 2 atom stereocenters. The highest BCUT2D eigenvalue weighted by atomic mass is 32.1. The number of anilines is 1. The van der Waals surface area contributed by atoms with Gasteiger partial charge in [0, 0.05) is 12.1 Å². The van der Waals surface area contributed by atoms with Gasteiger partial charge in [0.25, 0.3) is 0 Å². The first-order valence-electron chi connectivity index (χ1n) is 5.67. The number of rotatable bonds is 2. The summed E-state index contributed by atoms with van der Waals surface area (Å²) < 4.78 is 1.24. The van der Waals surface area contributed by atoms with E-state index in [1.807, 2.05) is 0 Å². The Labute approximate surface area is 98.7 Å². The highest BCUT2D eigenvalue weighted by Gasteiger charge is 2.21. The Morgan fingerprint density at radius 1 is 1.31 bits per heavy atom. The smallest absolute Gasteiger partial charge is 0.126 e. The molecule has 2 heterocycles. The molecule has 2 aromatic rings. The number of thiophene rings is 1. The van der Waals surface area contributed by atoms with Gasteiger partial charge in [0.15, 0.2) is 0 Å². The molecule has 1 aliphatic rings. The molecule has 1 aliphatic carbocycles. The van der Waals surface area contributed by atoms with Crippen molar-refractivity contribution in [1.82, 2.24) is 4.98 Å². The maximum atomic E-state index is 5.89. The number of nitrogens with zero attached hydrogens (tertiary/aromatic N) is 1. The molecule has 84 valence electrons. The van der Waals surface area contributed by atoms with E-state index in [1.165, 1.54) is 4.70 Å². The number of nitrogens with one attached hydrogen (secondary N) is 1. The second kappa shape index (κ2) is 4.03. The molecule has 3 rings (SSSR count). The van der Waals surface area contributed by atoms with Crippen LogP contribution in [0.15, 0.2) is 23.6 Å². The van der Waals surface area contributed by atoms with Gasteiger partial charge < -0.3 is 11.1 Å². The van der Waals surface area contributed by atoms with Crippen molar-refractivity contribution >= 4 is 27.4 Å². The van der Waals surface area contributed by atoms with Gasteiger partial charge in [-0.25, -0.2) is 4.98 Å². The van der Waals surface area contributed by atoms with Crippen molar-refractivity contribution in [3.05, 3.63) is 23.6 Å². The second-order valence-electron chi connectivity index (χ2n) is 4.41. The van der Waals surface area contributed by atoms with Gasteiger partial charge in [-0.1, -0.05) is 0 Å². The molecule has 3 nitrogen and oxygen atoms in total. The molecule has 1 saturated carbocycles. The van der Waals surface area contributed by atoms with Gasteiger partial charge in [0.05, 0.1) is 10.2 Å². The van der Waals surface area contributed by atoms with Crippen LogP contribution in [0.3, 0.4) is 0 Å². The van der Waals surface area contributed by atoms with Crippen molar-refractivity contribution in [3.8, 4) is 0 Å². The average Bonchev–Trinajstić information content (AvgIpc) is 2.87. The van der Waals surface area contributed by atoms with Gasteiger partial charge >= 0.3 is 0 Å². The fourth-order valence-corrected chi connectivity index (χ4v) is 3.01. The molecule has 0 amide bonds. The maximum Gasteiger partial charge on any atom is 0.126 e. The molecule has 0 bridgehead atoms. The lowest BCUT2D eigenvalue weighted by atomic mass is 10.2. The van der Waals surface area contributed by atoms with E-state index in [-0.39, 0.29) is 0 Å². The van der Waals surface area contributed by atoms with E-state index in [9.17, 15) is 0 Å². The van der Waals surface area contributed by atoms with Crippen LogP contribution in [0.25, 0.3) is 10.2 Å². The van der Waals surface area contributed by atoms with Crippen LogP contribution < -0.4 is 11.1 Å². The van der Waals surface area contributed by atoms with E-state index >= 15 is 0 Å². The lowest BCUT2D eigenvalue weighted by molar-refractivity contribution is 0.687. The number of aromatic nitrogens is 1. The molecule has 0 unspecified atom stereocenters. The highest BCUT2D eigenvalue weighted by molar-refractivity contribution is 7.17. The van der Waals surface area contributed by atoms with E-state index in [1.54, 1.807) is 11.3 Å². The molecule has 3 N–H and O–H groups in total. The molecule has 0 saturated heterocycles. The summed E-state index contributed by atoms with van der Waals surface area (Å²) in [7, 11) is 0. The quantitative estimate of drug-likeness (QED) is 0.838. The molecule has 2 aromatic heterocycles. The Balaban J connectivity index is 1.78. The van der Waals surface area contributed by atoms with Crippen LogP contribution in [0.5, 0.6) is 0 Å². The second-order valence-corrected chi connectivity index (χ2v) is 5.36. The van der Waals surface area contributed by atoms with Gasteiger partial charge in [-0.15, -0.1) is 11.3 Å². The van der Waals surface area contributed by atoms with Crippen molar-refractivity contribution in [2.45, 2.75) is 31.3 Å². The Morgan fingerprint density at radius 2 is 2.25 bits per heavy atom. The lowest BCUT2D eigenvalue weighted by Gasteiger charge is -2.12. The topological polar surface area (TPSA) is 50.9 Å². The first kappa shape index (κ1) is 10.1. The largest absolute Gasteiger partial charge is 0.367 e. The number of pyridine rings is 1. The number of hydrogen-bond acceptors (Lipinski definition) is 4. The van der Waals surface area contributed by atoms with Gasteiger partial charge in [-0.2, -0.15) is 0 Å². The van der Waals surface area contributed by atoms with Crippen LogP contribution in [0.2, 0.25) is 0 Å². The van der Waals surface area contributed by atoms with E-state index in [4.69, 9.17) is 5.73 Å². The minimum absolute atomic E-state index is 0.363. The molecule has 0 aliphatic heterocycles. The Kier molecular flexibility index (Phi) is 2.53. The van der Waals surface area contributed by atoms with Gasteiger partial charge in [0.1, 0.15) is 5.82 Å². The van der Waals surface area contributed by atoms with Crippen LogP contribution in [0.1, 0.15) is 19.3 Å². The third-order valence-electron chi connectivity index (χ3n) is 3.13. The molecule has 1 fully saturated rings. The zero-order valence-corrected chi connectivity index (χ0v) is 9.83. The fraction of sp³-hybridized carbons (Fsp3) is 0.417. The summed E-state index contributed by atoms with van der Waals surface area (Å²) in [6.07, 6.45) is 3.34. The van der Waals surface area contributed by atoms with E-state index in [2.05, 4.69) is 33.9 Å². The molecule has 0 aromatic carbocycles. The highest BCUT2D eigenvalue weighted by Crippen LogP contribution is 2.24. The van der Waals surface area contributed by atoms with Crippen molar-refractivity contribution < 1.29 is 0 Å². The molecule has 0 radical (unpaired) electrons. The minimum Gasteiger partial charge on any atom is -0.367 e. The Bertz CT molecular complexity index is 494. The summed E-state index contributed by atoms with van der Waals surface area (Å²) in [6.45, 7) is 0. The predicted octanol–water partition coefficient (Wildman–Crippen LogP) is 2.59. The summed E-state index contributed by atoms with van der Waals surface area (Å²) >= 11 is 1.73. The molecular formula is C12H15N3S. The molecule has 0 spiro atoms.